The Labute approximate surface area is 152 Å². The van der Waals surface area contributed by atoms with Crippen molar-refractivity contribution < 1.29 is 13.5 Å². The summed E-state index contributed by atoms with van der Waals surface area (Å²) in [7, 11) is -2.22. The zero-order valence-corrected chi connectivity index (χ0v) is 15.6. The standard InChI is InChI=1S/C16H21ClN4O3S/c1-10-15(16(17)21(2)19-10)25(23,24)20-14(12-8-13(22)9-12)7-11-3-5-18-6-4-11/h3-6,12-14,20,22H,7-9H2,1-2H3/t12?,13?,14-/m1/s1. The van der Waals surface area contributed by atoms with E-state index in [4.69, 9.17) is 11.6 Å². The van der Waals surface area contributed by atoms with Gasteiger partial charge in [-0.15, -0.1) is 0 Å². The number of aromatic nitrogens is 3. The second kappa shape index (κ2) is 7.03. The number of aliphatic hydroxyl groups excluding tert-OH is 1. The lowest BCUT2D eigenvalue weighted by Crippen LogP contribution is -2.48. The number of aliphatic hydroxyl groups is 1. The highest BCUT2D eigenvalue weighted by atomic mass is 35.5. The summed E-state index contributed by atoms with van der Waals surface area (Å²) >= 11 is 6.13. The van der Waals surface area contributed by atoms with Crippen molar-refractivity contribution in [2.24, 2.45) is 13.0 Å². The SMILES string of the molecule is Cc1nn(C)c(Cl)c1S(=O)(=O)N[C@H](Cc1ccncc1)C1CC(O)C1. The molecule has 3 rings (SSSR count). The van der Waals surface area contributed by atoms with Crippen LogP contribution in [0, 0.1) is 12.8 Å². The molecule has 0 aromatic carbocycles. The zero-order valence-electron chi connectivity index (χ0n) is 14.1. The molecule has 136 valence electrons. The average Bonchev–Trinajstić information content (AvgIpc) is 2.77. The van der Waals surface area contributed by atoms with Crippen molar-refractivity contribution >= 4 is 21.6 Å². The minimum atomic E-state index is -3.82. The van der Waals surface area contributed by atoms with E-state index in [9.17, 15) is 13.5 Å². The first-order valence-electron chi connectivity index (χ1n) is 8.06. The molecule has 0 amide bonds. The van der Waals surface area contributed by atoms with Gasteiger partial charge in [0.15, 0.2) is 0 Å². The molecule has 2 aromatic heterocycles. The lowest BCUT2D eigenvalue weighted by Gasteiger charge is -2.38. The lowest BCUT2D eigenvalue weighted by molar-refractivity contribution is 0.0283. The van der Waals surface area contributed by atoms with E-state index in [1.807, 2.05) is 12.1 Å². The van der Waals surface area contributed by atoms with Gasteiger partial charge >= 0.3 is 0 Å². The molecule has 0 unspecified atom stereocenters. The normalized spacial score (nSPS) is 21.8. The summed E-state index contributed by atoms with van der Waals surface area (Å²) < 4.78 is 29.9. The maximum Gasteiger partial charge on any atom is 0.245 e. The monoisotopic (exact) mass is 384 g/mol. The van der Waals surface area contributed by atoms with Crippen LogP contribution in [-0.2, 0) is 23.5 Å². The minimum absolute atomic E-state index is 0.0104. The number of sulfonamides is 1. The van der Waals surface area contributed by atoms with E-state index in [-0.39, 0.29) is 28.1 Å². The largest absolute Gasteiger partial charge is 0.393 e. The van der Waals surface area contributed by atoms with Gasteiger partial charge in [0.2, 0.25) is 10.0 Å². The summed E-state index contributed by atoms with van der Waals surface area (Å²) in [6.07, 6.45) is 4.68. The Morgan fingerprint density at radius 1 is 1.40 bits per heavy atom. The van der Waals surface area contributed by atoms with Gasteiger partial charge in [-0.3, -0.25) is 9.67 Å². The van der Waals surface area contributed by atoms with Gasteiger partial charge in [-0.2, -0.15) is 5.10 Å². The fraction of sp³-hybridized carbons (Fsp3) is 0.500. The molecule has 1 fully saturated rings. The van der Waals surface area contributed by atoms with Crippen LogP contribution in [0.1, 0.15) is 24.1 Å². The summed E-state index contributed by atoms with van der Waals surface area (Å²) in [5.74, 6) is 0.0775. The molecule has 1 saturated carbocycles. The van der Waals surface area contributed by atoms with Crippen LogP contribution in [0.2, 0.25) is 5.15 Å². The third kappa shape index (κ3) is 3.87. The van der Waals surface area contributed by atoms with Gasteiger partial charge in [0, 0.05) is 25.5 Å². The van der Waals surface area contributed by atoms with E-state index < -0.39 is 10.0 Å². The summed E-state index contributed by atoms with van der Waals surface area (Å²) in [4.78, 5) is 4.00. The molecule has 1 aliphatic rings. The van der Waals surface area contributed by atoms with Crippen LogP contribution in [0.4, 0.5) is 0 Å². The third-order valence-corrected chi connectivity index (χ3v) is 6.78. The number of nitrogens with one attached hydrogen (secondary N) is 1. The van der Waals surface area contributed by atoms with E-state index in [0.29, 0.717) is 25.0 Å². The molecule has 7 nitrogen and oxygen atoms in total. The fourth-order valence-corrected chi connectivity index (χ4v) is 5.26. The Hall–Kier alpha value is -1.48. The Morgan fingerprint density at radius 3 is 2.56 bits per heavy atom. The maximum absolute atomic E-state index is 12.9. The number of pyridine rings is 1. The van der Waals surface area contributed by atoms with Crippen LogP contribution in [0.5, 0.6) is 0 Å². The average molecular weight is 385 g/mol. The molecular weight excluding hydrogens is 364 g/mol. The summed E-state index contributed by atoms with van der Waals surface area (Å²) in [5, 5.41) is 13.8. The van der Waals surface area contributed by atoms with Gasteiger partial charge in [0.1, 0.15) is 10.0 Å². The highest BCUT2D eigenvalue weighted by molar-refractivity contribution is 7.89. The summed E-state index contributed by atoms with van der Waals surface area (Å²) in [5.41, 5.74) is 1.34. The van der Waals surface area contributed by atoms with Crippen molar-refractivity contribution in [2.45, 2.75) is 43.2 Å². The quantitative estimate of drug-likeness (QED) is 0.785. The van der Waals surface area contributed by atoms with E-state index in [1.165, 1.54) is 4.68 Å². The van der Waals surface area contributed by atoms with Gasteiger partial charge in [0.25, 0.3) is 0 Å². The van der Waals surface area contributed by atoms with Crippen molar-refractivity contribution in [1.82, 2.24) is 19.5 Å². The number of hydrogen-bond donors (Lipinski definition) is 2. The number of aryl methyl sites for hydroxylation is 2. The molecule has 0 bridgehead atoms. The van der Waals surface area contributed by atoms with Crippen LogP contribution in [0.15, 0.2) is 29.4 Å². The molecule has 2 aromatic rings. The van der Waals surface area contributed by atoms with E-state index in [2.05, 4.69) is 14.8 Å². The van der Waals surface area contributed by atoms with E-state index >= 15 is 0 Å². The topological polar surface area (TPSA) is 97.1 Å². The van der Waals surface area contributed by atoms with Crippen molar-refractivity contribution in [1.29, 1.82) is 0 Å². The van der Waals surface area contributed by atoms with E-state index in [0.717, 1.165) is 5.56 Å². The first kappa shape index (κ1) is 18.3. The molecule has 1 aliphatic carbocycles. The number of nitrogens with zero attached hydrogens (tertiary/aromatic N) is 3. The second-order valence-corrected chi connectivity index (χ2v) is 8.51. The first-order chi connectivity index (χ1) is 11.8. The maximum atomic E-state index is 12.9. The van der Waals surface area contributed by atoms with Crippen LogP contribution in [-0.4, -0.2) is 40.4 Å². The highest BCUT2D eigenvalue weighted by Gasteiger charge is 2.37. The van der Waals surface area contributed by atoms with Crippen molar-refractivity contribution in [3.63, 3.8) is 0 Å². The molecule has 2 N–H and O–H groups in total. The van der Waals surface area contributed by atoms with Gasteiger partial charge in [0.05, 0.1) is 11.8 Å². The number of rotatable bonds is 6. The smallest absolute Gasteiger partial charge is 0.245 e. The minimum Gasteiger partial charge on any atom is -0.393 e. The summed E-state index contributed by atoms with van der Waals surface area (Å²) in [6, 6.07) is 3.39. The number of halogens is 1. The first-order valence-corrected chi connectivity index (χ1v) is 9.92. The highest BCUT2D eigenvalue weighted by Crippen LogP contribution is 2.33. The Bertz CT molecular complexity index is 848. The van der Waals surface area contributed by atoms with Crippen LogP contribution in [0.3, 0.4) is 0 Å². The molecule has 1 atom stereocenters. The van der Waals surface area contributed by atoms with Crippen molar-refractivity contribution in [3.05, 3.63) is 40.9 Å². The molecule has 0 spiro atoms. The van der Waals surface area contributed by atoms with Gasteiger partial charge in [-0.25, -0.2) is 13.1 Å². The second-order valence-electron chi connectivity index (χ2n) is 6.50. The van der Waals surface area contributed by atoms with Crippen molar-refractivity contribution in [3.8, 4) is 0 Å². The molecule has 0 aliphatic heterocycles. The molecule has 0 saturated heterocycles. The fourth-order valence-electron chi connectivity index (χ4n) is 3.21. The molecule has 0 radical (unpaired) electrons. The predicted molar refractivity (Wildman–Crippen MR) is 93.7 cm³/mol. The number of hydrogen-bond acceptors (Lipinski definition) is 5. The van der Waals surface area contributed by atoms with Crippen LogP contribution in [0.25, 0.3) is 0 Å². The molecular formula is C16H21ClN4O3S. The summed E-state index contributed by atoms with van der Waals surface area (Å²) in [6.45, 7) is 1.62. The Morgan fingerprint density at radius 2 is 2.04 bits per heavy atom. The van der Waals surface area contributed by atoms with Crippen molar-refractivity contribution in [2.75, 3.05) is 0 Å². The Kier molecular flexibility index (Phi) is 5.15. The predicted octanol–water partition coefficient (Wildman–Crippen LogP) is 1.44. The molecule has 2 heterocycles. The lowest BCUT2D eigenvalue weighted by atomic mass is 9.76. The van der Waals surface area contributed by atoms with Gasteiger partial charge < -0.3 is 5.11 Å². The van der Waals surface area contributed by atoms with Crippen LogP contribution >= 0.6 is 11.6 Å². The van der Waals surface area contributed by atoms with Gasteiger partial charge in [-0.05, 0) is 49.8 Å². The Balaban J connectivity index is 1.86. The van der Waals surface area contributed by atoms with Gasteiger partial charge in [-0.1, -0.05) is 11.6 Å². The molecule has 25 heavy (non-hydrogen) atoms. The third-order valence-electron chi connectivity index (χ3n) is 4.60. The van der Waals surface area contributed by atoms with Crippen LogP contribution < -0.4 is 4.72 Å². The molecule has 9 heteroatoms. The zero-order chi connectivity index (χ0) is 18.2. The van der Waals surface area contributed by atoms with E-state index in [1.54, 1.807) is 26.4 Å².